The second kappa shape index (κ2) is 11.9. The number of methoxy groups -OCH3 is 1. The summed E-state index contributed by atoms with van der Waals surface area (Å²) in [6.07, 6.45) is -0.806. The molecule has 10 nitrogen and oxygen atoms in total. The zero-order valence-corrected chi connectivity index (χ0v) is 20.1. The number of esters is 1. The Morgan fingerprint density at radius 2 is 1.73 bits per heavy atom. The van der Waals surface area contributed by atoms with Gasteiger partial charge < -0.3 is 25.0 Å². The zero-order chi connectivity index (χ0) is 25.3. The molecule has 0 spiro atoms. The first-order valence-corrected chi connectivity index (χ1v) is 10.4. The lowest BCUT2D eigenvalue weighted by atomic mass is 9.93. The van der Waals surface area contributed by atoms with Gasteiger partial charge in [-0.2, -0.15) is 5.26 Å². The maximum absolute atomic E-state index is 13.3. The Hall–Kier alpha value is -3.61. The van der Waals surface area contributed by atoms with E-state index in [1.165, 1.54) is 14.0 Å². The zero-order valence-electron chi connectivity index (χ0n) is 20.1. The molecule has 2 N–H and O–H groups in total. The third-order valence-electron chi connectivity index (χ3n) is 4.64. The monoisotopic (exact) mass is 460 g/mol. The molecule has 1 rings (SSSR count). The molecule has 180 valence electrons. The van der Waals surface area contributed by atoms with E-state index in [0.29, 0.717) is 5.56 Å². The number of rotatable bonds is 8. The predicted octanol–water partition coefficient (Wildman–Crippen LogP) is 1.90. The molecule has 2 unspecified atom stereocenters. The number of hydrogen-bond donors (Lipinski definition) is 2. The minimum atomic E-state index is -1.22. The van der Waals surface area contributed by atoms with Crippen LogP contribution in [0.2, 0.25) is 0 Å². The van der Waals surface area contributed by atoms with Crippen molar-refractivity contribution in [3.8, 4) is 6.07 Å². The molecule has 0 saturated heterocycles. The van der Waals surface area contributed by atoms with Gasteiger partial charge in [0.25, 0.3) is 0 Å². The lowest BCUT2D eigenvalue weighted by Gasteiger charge is -2.33. The average molecular weight is 461 g/mol. The van der Waals surface area contributed by atoms with Gasteiger partial charge in [-0.15, -0.1) is 0 Å². The van der Waals surface area contributed by atoms with Gasteiger partial charge in [-0.1, -0.05) is 18.2 Å². The minimum absolute atomic E-state index is 0.406. The Morgan fingerprint density at radius 1 is 1.15 bits per heavy atom. The van der Waals surface area contributed by atoms with Crippen LogP contribution in [0.15, 0.2) is 18.2 Å². The van der Waals surface area contributed by atoms with Crippen LogP contribution in [0.4, 0.5) is 4.79 Å². The molecular weight excluding hydrogens is 428 g/mol. The molecule has 0 aliphatic carbocycles. The van der Waals surface area contributed by atoms with Crippen molar-refractivity contribution < 1.29 is 28.7 Å². The quantitative estimate of drug-likeness (QED) is 0.446. The van der Waals surface area contributed by atoms with Crippen LogP contribution < -0.4 is 10.6 Å². The van der Waals surface area contributed by atoms with Crippen LogP contribution in [-0.2, 0) is 23.9 Å². The number of ether oxygens (including phenoxy) is 2. The molecule has 1 aromatic carbocycles. The number of alkyl carbamates (subject to hydrolysis) is 1. The van der Waals surface area contributed by atoms with E-state index in [9.17, 15) is 24.4 Å². The number of nitrogens with zero attached hydrogens (tertiary/aromatic N) is 2. The average Bonchev–Trinajstić information content (AvgIpc) is 2.71. The third kappa shape index (κ3) is 8.11. The van der Waals surface area contributed by atoms with Gasteiger partial charge in [0.1, 0.15) is 30.8 Å². The van der Waals surface area contributed by atoms with Gasteiger partial charge in [0.05, 0.1) is 13.2 Å². The van der Waals surface area contributed by atoms with Crippen LogP contribution in [0.25, 0.3) is 0 Å². The maximum Gasteiger partial charge on any atom is 0.408 e. The van der Waals surface area contributed by atoms with E-state index in [4.69, 9.17) is 4.74 Å². The molecule has 0 saturated carbocycles. The number of benzene rings is 1. The summed E-state index contributed by atoms with van der Waals surface area (Å²) in [7, 11) is 1.19. The molecule has 2 atom stereocenters. The smallest absolute Gasteiger partial charge is 0.408 e. The minimum Gasteiger partial charge on any atom is -0.468 e. The van der Waals surface area contributed by atoms with Crippen LogP contribution in [0.3, 0.4) is 0 Å². The van der Waals surface area contributed by atoms with Crippen molar-refractivity contribution in [3.05, 3.63) is 34.9 Å². The number of carbonyl (C=O) groups is 4. The van der Waals surface area contributed by atoms with Gasteiger partial charge in [-0.3, -0.25) is 14.4 Å². The molecule has 10 heteroatoms. The molecule has 0 aromatic heterocycles. The van der Waals surface area contributed by atoms with Gasteiger partial charge in [-0.25, -0.2) is 4.79 Å². The molecular formula is C23H32N4O6. The van der Waals surface area contributed by atoms with Crippen LogP contribution in [0.1, 0.15) is 50.4 Å². The van der Waals surface area contributed by atoms with Gasteiger partial charge in [0.15, 0.2) is 0 Å². The summed E-state index contributed by atoms with van der Waals surface area (Å²) in [5.41, 5.74) is 1.19. The summed E-state index contributed by atoms with van der Waals surface area (Å²) < 4.78 is 9.75. The summed E-state index contributed by atoms with van der Waals surface area (Å²) in [5.74, 6) is -1.99. The van der Waals surface area contributed by atoms with Gasteiger partial charge in [0.2, 0.25) is 11.8 Å². The van der Waals surface area contributed by atoms with Crippen LogP contribution in [0, 0.1) is 25.2 Å². The second-order valence-electron chi connectivity index (χ2n) is 8.49. The molecule has 1 aromatic rings. The summed E-state index contributed by atoms with van der Waals surface area (Å²) in [6, 6.07) is 4.96. The molecule has 0 fully saturated rings. The van der Waals surface area contributed by atoms with E-state index in [1.54, 1.807) is 52.8 Å². The lowest BCUT2D eigenvalue weighted by molar-refractivity contribution is -0.144. The number of nitrogens with one attached hydrogen (secondary N) is 2. The van der Waals surface area contributed by atoms with E-state index < -0.39 is 54.7 Å². The van der Waals surface area contributed by atoms with Gasteiger partial charge in [-0.05, 0) is 58.2 Å². The fourth-order valence-electron chi connectivity index (χ4n) is 3.18. The molecule has 0 aliphatic rings. The van der Waals surface area contributed by atoms with Gasteiger partial charge in [0, 0.05) is 0 Å². The van der Waals surface area contributed by atoms with E-state index >= 15 is 0 Å². The Balaban J connectivity index is 3.36. The molecule has 33 heavy (non-hydrogen) atoms. The number of aryl methyl sites for hydroxylation is 2. The number of nitriles is 1. The van der Waals surface area contributed by atoms with Crippen molar-refractivity contribution in [3.63, 3.8) is 0 Å². The van der Waals surface area contributed by atoms with Gasteiger partial charge >= 0.3 is 12.1 Å². The highest BCUT2D eigenvalue weighted by molar-refractivity contribution is 5.93. The maximum atomic E-state index is 13.3. The molecule has 0 aliphatic heterocycles. The first kappa shape index (κ1) is 27.4. The second-order valence-corrected chi connectivity index (χ2v) is 8.49. The fraction of sp³-hybridized carbons (Fsp3) is 0.522. The Morgan fingerprint density at radius 3 is 2.21 bits per heavy atom. The van der Waals surface area contributed by atoms with Crippen molar-refractivity contribution in [1.29, 1.82) is 5.26 Å². The number of hydrogen-bond acceptors (Lipinski definition) is 7. The Labute approximate surface area is 194 Å². The molecule has 0 heterocycles. The van der Waals surface area contributed by atoms with E-state index in [2.05, 4.69) is 15.4 Å². The summed E-state index contributed by atoms with van der Waals surface area (Å²) in [5, 5.41) is 14.3. The van der Waals surface area contributed by atoms with Crippen molar-refractivity contribution in [2.24, 2.45) is 0 Å². The van der Waals surface area contributed by atoms with E-state index in [1.807, 2.05) is 6.07 Å². The standard InChI is InChI=1S/C23H32N4O6/c1-14-9-8-10-15(2)18(14)19(20(29)25-13-17(28)32-7)27(12-11-24)21(30)16(3)26-22(31)33-23(4,5)6/h8-10,16,19H,12-13H2,1-7H3,(H,25,29)(H,26,31). The third-order valence-corrected chi connectivity index (χ3v) is 4.64. The molecule has 0 radical (unpaired) electrons. The van der Waals surface area contributed by atoms with Crippen LogP contribution >= 0.6 is 0 Å². The lowest BCUT2D eigenvalue weighted by Crippen LogP contribution is -2.52. The number of amides is 3. The first-order chi connectivity index (χ1) is 15.3. The van der Waals surface area contributed by atoms with Crippen molar-refractivity contribution in [2.45, 2.75) is 59.2 Å². The van der Waals surface area contributed by atoms with Crippen molar-refractivity contribution >= 4 is 23.9 Å². The highest BCUT2D eigenvalue weighted by atomic mass is 16.6. The molecule has 0 bridgehead atoms. The highest BCUT2D eigenvalue weighted by Gasteiger charge is 2.36. The van der Waals surface area contributed by atoms with Crippen LogP contribution in [0.5, 0.6) is 0 Å². The summed E-state index contributed by atoms with van der Waals surface area (Å²) >= 11 is 0. The van der Waals surface area contributed by atoms with E-state index in [0.717, 1.165) is 16.0 Å². The van der Waals surface area contributed by atoms with Crippen molar-refractivity contribution in [2.75, 3.05) is 20.2 Å². The van der Waals surface area contributed by atoms with Crippen molar-refractivity contribution in [1.82, 2.24) is 15.5 Å². The first-order valence-electron chi connectivity index (χ1n) is 10.4. The summed E-state index contributed by atoms with van der Waals surface area (Å²) in [4.78, 5) is 51.3. The Kier molecular flexibility index (Phi) is 9.85. The normalized spacial score (nSPS) is 12.5. The highest BCUT2D eigenvalue weighted by Crippen LogP contribution is 2.28. The largest absolute Gasteiger partial charge is 0.468 e. The molecule has 3 amide bonds. The van der Waals surface area contributed by atoms with E-state index in [-0.39, 0.29) is 0 Å². The summed E-state index contributed by atoms with van der Waals surface area (Å²) in [6.45, 7) is 9.21. The topological polar surface area (TPSA) is 138 Å². The Bertz CT molecular complexity index is 912. The SMILES string of the molecule is COC(=O)CNC(=O)C(c1c(C)cccc1C)N(CC#N)C(=O)C(C)NC(=O)OC(C)(C)C. The predicted molar refractivity (Wildman–Crippen MR) is 120 cm³/mol. The van der Waals surface area contributed by atoms with Crippen LogP contribution in [-0.4, -0.2) is 60.6 Å². The number of carbonyl (C=O) groups excluding carboxylic acids is 4. The fourth-order valence-corrected chi connectivity index (χ4v) is 3.18.